The van der Waals surface area contributed by atoms with Crippen molar-refractivity contribution in [2.24, 2.45) is 0 Å². The van der Waals surface area contributed by atoms with Crippen molar-refractivity contribution < 1.29 is 0 Å². The number of nitrogen functional groups attached to an aromatic ring is 1. The lowest BCUT2D eigenvalue weighted by Crippen LogP contribution is -2.43. The van der Waals surface area contributed by atoms with Crippen molar-refractivity contribution in [2.75, 3.05) is 36.8 Å². The van der Waals surface area contributed by atoms with Crippen molar-refractivity contribution in [3.05, 3.63) is 48.8 Å². The molecule has 0 spiro atoms. The predicted molar refractivity (Wildman–Crippen MR) is 108 cm³/mol. The van der Waals surface area contributed by atoms with E-state index in [1.54, 1.807) is 0 Å². The molecular formula is C20H26N6. The van der Waals surface area contributed by atoms with Gasteiger partial charge in [0.05, 0.1) is 11.3 Å². The third kappa shape index (κ3) is 3.70. The number of nitrogens with one attached hydrogen (secondary N) is 2. The molecule has 1 aliphatic rings. The highest BCUT2D eigenvalue weighted by atomic mass is 15.3. The van der Waals surface area contributed by atoms with Gasteiger partial charge in [-0.2, -0.15) is 5.10 Å². The Labute approximate surface area is 154 Å². The molecule has 0 aliphatic carbocycles. The van der Waals surface area contributed by atoms with Crippen LogP contribution in [0, 0.1) is 0 Å². The highest BCUT2D eigenvalue weighted by Gasteiger charge is 2.22. The third-order valence-electron chi connectivity index (χ3n) is 4.33. The zero-order chi connectivity index (χ0) is 18.4. The molecule has 0 bridgehead atoms. The molecule has 4 rings (SSSR count). The number of anilines is 2. The number of nitrogens with zero attached hydrogens (tertiary/aromatic N) is 3. The number of hydrogen-bond acceptors (Lipinski definition) is 5. The quantitative estimate of drug-likeness (QED) is 0.632. The van der Waals surface area contributed by atoms with Gasteiger partial charge in [0, 0.05) is 49.8 Å². The summed E-state index contributed by atoms with van der Waals surface area (Å²) < 4.78 is 0. The summed E-state index contributed by atoms with van der Waals surface area (Å²) in [5.41, 5.74) is 10.9. The predicted octanol–water partition coefficient (Wildman–Crippen LogP) is 3.16. The topological polar surface area (TPSA) is 82.9 Å². The van der Waals surface area contributed by atoms with E-state index < -0.39 is 0 Å². The molecule has 26 heavy (non-hydrogen) atoms. The second-order valence-electron chi connectivity index (χ2n) is 5.89. The van der Waals surface area contributed by atoms with Crippen molar-refractivity contribution in [1.82, 2.24) is 20.5 Å². The largest absolute Gasteiger partial charge is 0.399 e. The summed E-state index contributed by atoms with van der Waals surface area (Å²) in [5.74, 6) is 0.995. The molecule has 6 heteroatoms. The average molecular weight is 350 g/mol. The van der Waals surface area contributed by atoms with Gasteiger partial charge in [-0.3, -0.25) is 10.1 Å². The molecule has 0 amide bonds. The Morgan fingerprint density at radius 3 is 2.23 bits per heavy atom. The number of hydrogen-bond donors (Lipinski definition) is 3. The van der Waals surface area contributed by atoms with Gasteiger partial charge in [-0.1, -0.05) is 26.0 Å². The first kappa shape index (κ1) is 17.9. The maximum absolute atomic E-state index is 5.83. The van der Waals surface area contributed by atoms with Crippen molar-refractivity contribution in [1.29, 1.82) is 0 Å². The first-order valence-corrected chi connectivity index (χ1v) is 9.13. The number of H-pyrrole nitrogens is 1. The summed E-state index contributed by atoms with van der Waals surface area (Å²) in [6.45, 7) is 7.84. The fraction of sp³-hybridized carbons (Fsp3) is 0.300. The molecule has 4 N–H and O–H groups in total. The Hall–Kier alpha value is -2.86. The number of piperazine rings is 1. The van der Waals surface area contributed by atoms with Crippen LogP contribution in [-0.2, 0) is 0 Å². The van der Waals surface area contributed by atoms with Gasteiger partial charge in [0.25, 0.3) is 0 Å². The minimum atomic E-state index is 0.756. The van der Waals surface area contributed by atoms with E-state index in [4.69, 9.17) is 5.73 Å². The fourth-order valence-corrected chi connectivity index (χ4v) is 3.09. The molecule has 1 aromatic carbocycles. The zero-order valence-electron chi connectivity index (χ0n) is 15.4. The van der Waals surface area contributed by atoms with Crippen LogP contribution in [0.15, 0.2) is 48.8 Å². The standard InChI is InChI=1S/C18H20N6.C2H6/c19-15-3-1-14(2-4-15)17-16(13-5-7-20-8-6-13)18(23-22-17)24-11-9-21-10-12-24;1-2/h1-8,21H,9-12,19H2,(H,22,23);1-2H3. The highest BCUT2D eigenvalue weighted by Crippen LogP contribution is 2.37. The summed E-state index contributed by atoms with van der Waals surface area (Å²) in [6.07, 6.45) is 3.63. The number of aromatic amines is 1. The SMILES string of the molecule is CC.Nc1ccc(-c2[nH]nc(N3CCNCC3)c2-c2ccncc2)cc1. The first-order chi connectivity index (χ1) is 12.8. The van der Waals surface area contributed by atoms with Crippen molar-refractivity contribution in [2.45, 2.75) is 13.8 Å². The average Bonchev–Trinajstić information content (AvgIpc) is 3.16. The minimum Gasteiger partial charge on any atom is -0.399 e. The van der Waals surface area contributed by atoms with Gasteiger partial charge < -0.3 is 16.0 Å². The van der Waals surface area contributed by atoms with Crippen molar-refractivity contribution >= 4 is 11.5 Å². The van der Waals surface area contributed by atoms with E-state index in [0.717, 1.165) is 60.1 Å². The van der Waals surface area contributed by atoms with E-state index >= 15 is 0 Å². The number of pyridine rings is 1. The number of rotatable bonds is 3. The summed E-state index contributed by atoms with van der Waals surface area (Å²) in [7, 11) is 0. The smallest absolute Gasteiger partial charge is 0.159 e. The molecule has 0 radical (unpaired) electrons. The van der Waals surface area contributed by atoms with Gasteiger partial charge in [0.2, 0.25) is 0 Å². The maximum atomic E-state index is 5.83. The summed E-state index contributed by atoms with van der Waals surface area (Å²) >= 11 is 0. The van der Waals surface area contributed by atoms with Gasteiger partial charge in [-0.15, -0.1) is 0 Å². The lowest BCUT2D eigenvalue weighted by atomic mass is 10.0. The van der Waals surface area contributed by atoms with Crippen LogP contribution in [0.1, 0.15) is 13.8 Å². The Morgan fingerprint density at radius 1 is 0.923 bits per heavy atom. The Bertz CT molecular complexity index is 804. The molecule has 0 saturated carbocycles. The molecule has 136 valence electrons. The molecule has 1 aliphatic heterocycles. The van der Waals surface area contributed by atoms with E-state index in [9.17, 15) is 0 Å². The normalized spacial score (nSPS) is 13.8. The van der Waals surface area contributed by atoms with E-state index in [-0.39, 0.29) is 0 Å². The summed E-state index contributed by atoms with van der Waals surface area (Å²) in [6, 6.07) is 11.9. The van der Waals surface area contributed by atoms with Crippen LogP contribution >= 0.6 is 0 Å². The minimum absolute atomic E-state index is 0.756. The van der Waals surface area contributed by atoms with Gasteiger partial charge in [0.15, 0.2) is 5.82 Å². The third-order valence-corrected chi connectivity index (χ3v) is 4.33. The van der Waals surface area contributed by atoms with E-state index in [2.05, 4.69) is 25.4 Å². The van der Waals surface area contributed by atoms with Crippen LogP contribution in [0.5, 0.6) is 0 Å². The van der Waals surface area contributed by atoms with Gasteiger partial charge in [-0.05, 0) is 29.8 Å². The molecule has 1 fully saturated rings. The number of benzene rings is 1. The van der Waals surface area contributed by atoms with Crippen LogP contribution in [0.2, 0.25) is 0 Å². The molecule has 6 nitrogen and oxygen atoms in total. The fourth-order valence-electron chi connectivity index (χ4n) is 3.09. The van der Waals surface area contributed by atoms with E-state index in [1.165, 1.54) is 0 Å². The van der Waals surface area contributed by atoms with Gasteiger partial charge in [-0.25, -0.2) is 0 Å². The van der Waals surface area contributed by atoms with Crippen LogP contribution in [-0.4, -0.2) is 41.4 Å². The van der Waals surface area contributed by atoms with Gasteiger partial charge >= 0.3 is 0 Å². The number of aromatic nitrogens is 3. The number of nitrogens with two attached hydrogens (primary N) is 1. The summed E-state index contributed by atoms with van der Waals surface area (Å²) in [4.78, 5) is 6.46. The Kier molecular flexibility index (Phi) is 5.86. The van der Waals surface area contributed by atoms with E-state index in [1.807, 2.05) is 62.6 Å². The Morgan fingerprint density at radius 2 is 1.58 bits per heavy atom. The highest BCUT2D eigenvalue weighted by molar-refractivity contribution is 5.89. The molecule has 0 atom stereocenters. The lowest BCUT2D eigenvalue weighted by molar-refractivity contribution is 0.585. The van der Waals surface area contributed by atoms with Crippen LogP contribution in [0.4, 0.5) is 11.5 Å². The molecule has 0 unspecified atom stereocenters. The van der Waals surface area contributed by atoms with E-state index in [0.29, 0.717) is 0 Å². The molecular weight excluding hydrogens is 324 g/mol. The zero-order valence-corrected chi connectivity index (χ0v) is 15.4. The van der Waals surface area contributed by atoms with Gasteiger partial charge in [0.1, 0.15) is 0 Å². The monoisotopic (exact) mass is 350 g/mol. The van der Waals surface area contributed by atoms with Crippen LogP contribution < -0.4 is 16.0 Å². The molecule has 1 saturated heterocycles. The lowest BCUT2D eigenvalue weighted by Gasteiger charge is -2.28. The second kappa shape index (κ2) is 8.49. The van der Waals surface area contributed by atoms with Crippen LogP contribution in [0.25, 0.3) is 22.4 Å². The summed E-state index contributed by atoms with van der Waals surface area (Å²) in [5, 5.41) is 11.3. The van der Waals surface area contributed by atoms with Crippen molar-refractivity contribution in [3.8, 4) is 22.4 Å². The van der Waals surface area contributed by atoms with Crippen LogP contribution in [0.3, 0.4) is 0 Å². The molecule has 3 heterocycles. The molecule has 2 aromatic heterocycles. The Balaban J connectivity index is 0.000000948. The second-order valence-corrected chi connectivity index (χ2v) is 5.89. The first-order valence-electron chi connectivity index (χ1n) is 9.13. The maximum Gasteiger partial charge on any atom is 0.159 e. The van der Waals surface area contributed by atoms with Crippen molar-refractivity contribution in [3.63, 3.8) is 0 Å². The molecule has 3 aromatic rings.